The van der Waals surface area contributed by atoms with Crippen molar-refractivity contribution in [3.8, 4) is 0 Å². The average Bonchev–Trinajstić information content (AvgIpc) is 3.07. The number of fused-ring (bicyclic) bond motifs is 1. The molecule has 2 rings (SSSR count). The Bertz CT molecular complexity index is 1390. The van der Waals surface area contributed by atoms with Crippen LogP contribution in [0.25, 0.3) is 10.8 Å². The van der Waals surface area contributed by atoms with Gasteiger partial charge in [0.15, 0.2) is 11.9 Å². The van der Waals surface area contributed by atoms with E-state index in [1.54, 1.807) is 11.9 Å². The SMILES string of the molecule is CCCCCCCCCCCC(=O)OCC(COP(=O)(O)OCC[N+](C)(C)C)OC(=O)CN(C)c1ccc2cc(C(=O)CCCCC)ccc2c1. The van der Waals surface area contributed by atoms with Crippen LogP contribution in [-0.4, -0.2) is 94.3 Å². The number of carbonyl (C=O) groups is 3. The van der Waals surface area contributed by atoms with Gasteiger partial charge in [-0.3, -0.25) is 23.4 Å². The molecule has 0 fully saturated rings. The van der Waals surface area contributed by atoms with Gasteiger partial charge in [-0.2, -0.15) is 0 Å². The Morgan fingerprint density at radius 2 is 1.35 bits per heavy atom. The Labute approximate surface area is 306 Å². The van der Waals surface area contributed by atoms with Crippen molar-refractivity contribution in [3.05, 3.63) is 42.0 Å². The van der Waals surface area contributed by atoms with Gasteiger partial charge < -0.3 is 23.8 Å². The molecule has 11 nitrogen and oxygen atoms in total. The van der Waals surface area contributed by atoms with Crippen molar-refractivity contribution in [3.63, 3.8) is 0 Å². The van der Waals surface area contributed by atoms with E-state index in [1.807, 2.05) is 57.5 Å². The second-order valence-corrected chi connectivity index (χ2v) is 15.9. The zero-order valence-corrected chi connectivity index (χ0v) is 32.9. The molecule has 0 aromatic heterocycles. The first-order valence-corrected chi connectivity index (χ1v) is 20.3. The molecular formula is C39H64N2O9P+. The van der Waals surface area contributed by atoms with Gasteiger partial charge in [-0.15, -0.1) is 0 Å². The average molecular weight is 736 g/mol. The van der Waals surface area contributed by atoms with Gasteiger partial charge in [0.25, 0.3) is 0 Å². The van der Waals surface area contributed by atoms with E-state index in [-0.39, 0.29) is 32.0 Å². The summed E-state index contributed by atoms with van der Waals surface area (Å²) in [4.78, 5) is 50.1. The second kappa shape index (κ2) is 23.7. The van der Waals surface area contributed by atoms with E-state index in [1.165, 1.54) is 32.1 Å². The van der Waals surface area contributed by atoms with E-state index in [4.69, 9.17) is 18.5 Å². The molecule has 0 amide bonds. The number of likely N-dealkylation sites (N-methyl/N-ethyl adjacent to an activating group) is 2. The van der Waals surface area contributed by atoms with Crippen molar-refractivity contribution in [1.29, 1.82) is 0 Å². The van der Waals surface area contributed by atoms with Crippen LogP contribution < -0.4 is 4.90 Å². The molecule has 1 N–H and O–H groups in total. The maximum Gasteiger partial charge on any atom is 0.472 e. The number of unbranched alkanes of at least 4 members (excludes halogenated alkanes) is 10. The molecule has 0 saturated carbocycles. The van der Waals surface area contributed by atoms with Gasteiger partial charge in [-0.05, 0) is 41.8 Å². The molecule has 2 unspecified atom stereocenters. The number of nitrogens with zero attached hydrogens (tertiary/aromatic N) is 2. The van der Waals surface area contributed by atoms with Gasteiger partial charge in [0.1, 0.15) is 26.3 Å². The highest BCUT2D eigenvalue weighted by Gasteiger charge is 2.27. The molecule has 0 saturated heterocycles. The normalized spacial score (nSPS) is 13.5. The summed E-state index contributed by atoms with van der Waals surface area (Å²) in [6, 6.07) is 11.3. The molecule has 0 aliphatic carbocycles. The predicted octanol–water partition coefficient (Wildman–Crippen LogP) is 8.25. The quantitative estimate of drug-likeness (QED) is 0.0300. The van der Waals surface area contributed by atoms with E-state index in [9.17, 15) is 23.8 Å². The number of anilines is 1. The number of carbonyl (C=O) groups excluding carboxylic acids is 3. The van der Waals surface area contributed by atoms with Crippen LogP contribution in [0.4, 0.5) is 5.69 Å². The fourth-order valence-electron chi connectivity index (χ4n) is 5.43. The number of ketones is 1. The van der Waals surface area contributed by atoms with Crippen molar-refractivity contribution in [1.82, 2.24) is 0 Å². The highest BCUT2D eigenvalue weighted by Crippen LogP contribution is 2.43. The second-order valence-electron chi connectivity index (χ2n) is 14.5. The van der Waals surface area contributed by atoms with Gasteiger partial charge in [0.05, 0.1) is 27.7 Å². The highest BCUT2D eigenvalue weighted by atomic mass is 31.2. The molecule has 0 aliphatic heterocycles. The third-order valence-electron chi connectivity index (χ3n) is 8.61. The van der Waals surface area contributed by atoms with Crippen molar-refractivity contribution >= 4 is 42.0 Å². The fraction of sp³-hybridized carbons (Fsp3) is 0.667. The monoisotopic (exact) mass is 735 g/mol. The topological polar surface area (TPSA) is 129 Å². The number of phosphoric acid groups is 1. The summed E-state index contributed by atoms with van der Waals surface area (Å²) in [7, 11) is 3.07. The summed E-state index contributed by atoms with van der Waals surface area (Å²) in [5.41, 5.74) is 1.45. The Kier molecular flexibility index (Phi) is 20.6. The highest BCUT2D eigenvalue weighted by molar-refractivity contribution is 7.47. The van der Waals surface area contributed by atoms with E-state index in [0.717, 1.165) is 55.0 Å². The molecule has 12 heteroatoms. The van der Waals surface area contributed by atoms with Crippen molar-refractivity contribution in [2.45, 2.75) is 110 Å². The molecular weight excluding hydrogens is 671 g/mol. The lowest BCUT2D eigenvalue weighted by atomic mass is 10.0. The minimum atomic E-state index is -4.45. The van der Waals surface area contributed by atoms with Gasteiger partial charge in [0.2, 0.25) is 0 Å². The van der Waals surface area contributed by atoms with Crippen molar-refractivity contribution in [2.75, 3.05) is 66.0 Å². The zero-order chi connectivity index (χ0) is 37.7. The lowest BCUT2D eigenvalue weighted by Crippen LogP contribution is -2.37. The third kappa shape index (κ3) is 19.6. The van der Waals surface area contributed by atoms with Gasteiger partial charge >= 0.3 is 19.8 Å². The molecule has 2 aromatic rings. The zero-order valence-electron chi connectivity index (χ0n) is 32.0. The number of hydrogen-bond donors (Lipinski definition) is 1. The molecule has 2 atom stereocenters. The summed E-state index contributed by atoms with van der Waals surface area (Å²) >= 11 is 0. The smallest absolute Gasteiger partial charge is 0.462 e. The maximum absolute atomic E-state index is 13.1. The Morgan fingerprint density at radius 3 is 2.02 bits per heavy atom. The Hall–Kier alpha value is -2.82. The van der Waals surface area contributed by atoms with Crippen LogP contribution in [0.1, 0.15) is 114 Å². The van der Waals surface area contributed by atoms with Gasteiger partial charge in [-0.1, -0.05) is 96.3 Å². The lowest BCUT2D eigenvalue weighted by Gasteiger charge is -2.25. The van der Waals surface area contributed by atoms with Crippen LogP contribution >= 0.6 is 7.82 Å². The number of esters is 2. The summed E-state index contributed by atoms with van der Waals surface area (Å²) in [5, 5.41) is 1.85. The van der Waals surface area contributed by atoms with Crippen LogP contribution in [0.15, 0.2) is 36.4 Å². The molecule has 0 aliphatic rings. The lowest BCUT2D eigenvalue weighted by molar-refractivity contribution is -0.870. The van der Waals surface area contributed by atoms with Crippen LogP contribution in [0.5, 0.6) is 0 Å². The van der Waals surface area contributed by atoms with Crippen LogP contribution in [0.2, 0.25) is 0 Å². The van der Waals surface area contributed by atoms with E-state index in [0.29, 0.717) is 29.4 Å². The molecule has 0 heterocycles. The van der Waals surface area contributed by atoms with Gasteiger partial charge in [-0.25, -0.2) is 4.57 Å². The van der Waals surface area contributed by atoms with Gasteiger partial charge in [0, 0.05) is 31.1 Å². The number of rotatable bonds is 28. The maximum atomic E-state index is 13.1. The molecule has 0 spiro atoms. The molecule has 0 bridgehead atoms. The largest absolute Gasteiger partial charge is 0.472 e. The minimum Gasteiger partial charge on any atom is -0.462 e. The summed E-state index contributed by atoms with van der Waals surface area (Å²) in [6.45, 7) is 3.83. The third-order valence-corrected chi connectivity index (χ3v) is 9.60. The first kappa shape index (κ1) is 44.3. The Morgan fingerprint density at radius 1 is 0.765 bits per heavy atom. The first-order valence-electron chi connectivity index (χ1n) is 18.8. The number of Topliss-reactive ketones (excluding diaryl/α,β-unsaturated/α-hetero) is 1. The summed E-state index contributed by atoms with van der Waals surface area (Å²) < 4.78 is 34.4. The summed E-state index contributed by atoms with van der Waals surface area (Å²) in [6.07, 6.45) is 12.7. The van der Waals surface area contributed by atoms with Crippen molar-refractivity contribution < 1.29 is 46.8 Å². The number of quaternary nitrogens is 1. The van der Waals surface area contributed by atoms with Crippen LogP contribution in [-0.2, 0) is 32.7 Å². The Balaban J connectivity index is 1.96. The predicted molar refractivity (Wildman–Crippen MR) is 203 cm³/mol. The van der Waals surface area contributed by atoms with Crippen LogP contribution in [0.3, 0.4) is 0 Å². The molecule has 2 aromatic carbocycles. The first-order chi connectivity index (χ1) is 24.2. The molecule has 51 heavy (non-hydrogen) atoms. The van der Waals surface area contributed by atoms with E-state index < -0.39 is 32.5 Å². The fourth-order valence-corrected chi connectivity index (χ4v) is 6.17. The summed E-state index contributed by atoms with van der Waals surface area (Å²) in [5.74, 6) is -0.923. The van der Waals surface area contributed by atoms with E-state index >= 15 is 0 Å². The molecule has 288 valence electrons. The molecule has 0 radical (unpaired) electrons. The number of phosphoric ester groups is 1. The van der Waals surface area contributed by atoms with Crippen LogP contribution in [0, 0.1) is 0 Å². The van der Waals surface area contributed by atoms with Crippen molar-refractivity contribution in [2.24, 2.45) is 0 Å². The minimum absolute atomic E-state index is 0.0113. The number of benzene rings is 2. The standard InChI is InChI=1S/C39H63N2O9P/c1-7-9-11-12-13-14-15-16-18-20-38(43)47-30-36(31-49-51(45,46)48-26-25-41(4,5)6)50-39(44)29-40(3)35-24-23-32-27-34(22-21-33(32)28-35)37(42)19-17-10-8-2/h21-24,27-28,36H,7-20,25-26,29-31H2,1-6H3/p+1. The number of hydrogen-bond acceptors (Lipinski definition) is 9. The van der Waals surface area contributed by atoms with E-state index in [2.05, 4.69) is 13.8 Å². The number of ether oxygens (including phenoxy) is 2.